The van der Waals surface area contributed by atoms with Crippen molar-refractivity contribution in [2.24, 2.45) is 0 Å². The Morgan fingerprint density at radius 2 is 1.65 bits per heavy atom. The van der Waals surface area contributed by atoms with Gasteiger partial charge in [-0.1, -0.05) is 12.1 Å². The van der Waals surface area contributed by atoms with Crippen LogP contribution in [-0.2, 0) is 15.6 Å². The summed E-state index contributed by atoms with van der Waals surface area (Å²) in [5.41, 5.74) is 1.33. The quantitative estimate of drug-likeness (QED) is 0.820. The highest BCUT2D eigenvalue weighted by Gasteiger charge is 2.20. The molecule has 1 heterocycles. The van der Waals surface area contributed by atoms with Crippen LogP contribution in [0.3, 0.4) is 0 Å². The molecule has 0 aromatic heterocycles. The molecule has 0 radical (unpaired) electrons. The number of rotatable bonds is 3. The van der Waals surface area contributed by atoms with Gasteiger partial charge in [0.25, 0.3) is 5.91 Å². The summed E-state index contributed by atoms with van der Waals surface area (Å²) < 4.78 is 22.4. The van der Waals surface area contributed by atoms with E-state index in [9.17, 15) is 13.2 Å². The van der Waals surface area contributed by atoms with Crippen LogP contribution >= 0.6 is 0 Å². The molecule has 6 heteroatoms. The summed E-state index contributed by atoms with van der Waals surface area (Å²) in [6.45, 7) is 3.25. The summed E-state index contributed by atoms with van der Waals surface area (Å²) in [5, 5.41) is 0. The third-order valence-corrected chi connectivity index (χ3v) is 4.28. The lowest BCUT2D eigenvalue weighted by atomic mass is 10.1. The Morgan fingerprint density at radius 1 is 1.10 bits per heavy atom. The molecule has 110 valence electrons. The summed E-state index contributed by atoms with van der Waals surface area (Å²) in [7, 11) is -0.994. The molecular formula is C14H20N2O3S. The van der Waals surface area contributed by atoms with Gasteiger partial charge in [0.1, 0.15) is 0 Å². The van der Waals surface area contributed by atoms with Gasteiger partial charge in [-0.2, -0.15) is 0 Å². The third kappa shape index (κ3) is 4.05. The van der Waals surface area contributed by atoms with Crippen molar-refractivity contribution in [3.05, 3.63) is 35.4 Å². The molecule has 1 aliphatic heterocycles. The number of amides is 1. The minimum Gasteiger partial charge on any atom is -0.336 e. The van der Waals surface area contributed by atoms with Crippen molar-refractivity contribution in [2.75, 3.05) is 39.5 Å². The van der Waals surface area contributed by atoms with Gasteiger partial charge in [0.05, 0.1) is 5.75 Å². The summed E-state index contributed by atoms with van der Waals surface area (Å²) >= 11 is 0. The standard InChI is InChI=1S/C14H20N2O3S/c1-15-7-9-16(10-8-15)14(17)13-5-3-12(4-6-13)11-20(2,18)19/h3-6H,7-11H2,1-2H3. The minimum atomic E-state index is -3.04. The van der Waals surface area contributed by atoms with Crippen LogP contribution in [0.5, 0.6) is 0 Å². The lowest BCUT2D eigenvalue weighted by Crippen LogP contribution is -2.47. The molecule has 0 bridgehead atoms. The maximum Gasteiger partial charge on any atom is 0.253 e. The molecule has 2 rings (SSSR count). The lowest BCUT2D eigenvalue weighted by molar-refractivity contribution is 0.0664. The number of piperazine rings is 1. The topological polar surface area (TPSA) is 57.7 Å². The fourth-order valence-electron chi connectivity index (χ4n) is 2.24. The van der Waals surface area contributed by atoms with Gasteiger partial charge in [0, 0.05) is 38.0 Å². The number of likely N-dealkylation sites (N-methyl/N-ethyl adjacent to an activating group) is 1. The molecule has 5 nitrogen and oxygen atoms in total. The van der Waals surface area contributed by atoms with E-state index in [1.165, 1.54) is 6.26 Å². The first kappa shape index (κ1) is 15.0. The molecule has 1 aliphatic rings. The first-order chi connectivity index (χ1) is 9.35. The van der Waals surface area contributed by atoms with Crippen LogP contribution in [0.15, 0.2) is 24.3 Å². The van der Waals surface area contributed by atoms with E-state index in [0.717, 1.165) is 26.2 Å². The van der Waals surface area contributed by atoms with Crippen molar-refractivity contribution >= 4 is 15.7 Å². The summed E-state index contributed by atoms with van der Waals surface area (Å²) in [6.07, 6.45) is 1.20. The smallest absolute Gasteiger partial charge is 0.253 e. The average molecular weight is 296 g/mol. The number of hydrogen-bond donors (Lipinski definition) is 0. The Labute approximate surface area is 120 Å². The third-order valence-electron chi connectivity index (χ3n) is 3.42. The molecule has 0 aliphatic carbocycles. The van der Waals surface area contributed by atoms with Gasteiger partial charge in [-0.3, -0.25) is 4.79 Å². The zero-order valence-electron chi connectivity index (χ0n) is 11.9. The van der Waals surface area contributed by atoms with Crippen molar-refractivity contribution < 1.29 is 13.2 Å². The summed E-state index contributed by atoms with van der Waals surface area (Å²) in [5.74, 6) is 0.0275. The van der Waals surface area contributed by atoms with Gasteiger partial charge < -0.3 is 9.80 Å². The molecule has 1 saturated heterocycles. The molecule has 0 unspecified atom stereocenters. The summed E-state index contributed by atoms with van der Waals surface area (Å²) in [6, 6.07) is 6.84. The fourth-order valence-corrected chi connectivity index (χ4v) is 3.04. The molecule has 0 atom stereocenters. The van der Waals surface area contributed by atoms with Gasteiger partial charge in [-0.05, 0) is 24.7 Å². The monoisotopic (exact) mass is 296 g/mol. The SMILES string of the molecule is CN1CCN(C(=O)c2ccc(CS(C)(=O)=O)cc2)CC1. The second kappa shape index (κ2) is 5.93. The molecule has 1 aromatic carbocycles. The largest absolute Gasteiger partial charge is 0.336 e. The Morgan fingerprint density at radius 3 is 2.15 bits per heavy atom. The van der Waals surface area contributed by atoms with Crippen molar-refractivity contribution in [3.63, 3.8) is 0 Å². The average Bonchev–Trinajstić information content (AvgIpc) is 2.38. The molecule has 1 amide bonds. The van der Waals surface area contributed by atoms with E-state index in [-0.39, 0.29) is 11.7 Å². The summed E-state index contributed by atoms with van der Waals surface area (Å²) in [4.78, 5) is 16.3. The van der Waals surface area contributed by atoms with Crippen LogP contribution in [0.2, 0.25) is 0 Å². The normalized spacial score (nSPS) is 17.2. The van der Waals surface area contributed by atoms with Crippen LogP contribution < -0.4 is 0 Å². The highest BCUT2D eigenvalue weighted by atomic mass is 32.2. The number of carbonyl (C=O) groups excluding carboxylic acids is 1. The fraction of sp³-hybridized carbons (Fsp3) is 0.500. The van der Waals surface area contributed by atoms with Gasteiger partial charge in [-0.25, -0.2) is 8.42 Å². The Bertz CT molecular complexity index is 573. The molecule has 1 aromatic rings. The van der Waals surface area contributed by atoms with Crippen LogP contribution in [0, 0.1) is 0 Å². The predicted octanol–water partition coefficient (Wildman–Crippen LogP) is 0.619. The van der Waals surface area contributed by atoms with Gasteiger partial charge in [0.15, 0.2) is 9.84 Å². The zero-order chi connectivity index (χ0) is 14.8. The van der Waals surface area contributed by atoms with E-state index < -0.39 is 9.84 Å². The predicted molar refractivity (Wildman–Crippen MR) is 78.4 cm³/mol. The van der Waals surface area contributed by atoms with Crippen LogP contribution in [-0.4, -0.2) is 63.6 Å². The number of sulfone groups is 1. The number of hydrogen-bond acceptors (Lipinski definition) is 4. The minimum absolute atomic E-state index is 0.00990. The molecule has 0 N–H and O–H groups in total. The first-order valence-corrected chi connectivity index (χ1v) is 8.66. The van der Waals surface area contributed by atoms with Crippen LogP contribution in [0.1, 0.15) is 15.9 Å². The molecule has 0 saturated carbocycles. The zero-order valence-corrected chi connectivity index (χ0v) is 12.7. The van der Waals surface area contributed by atoms with Gasteiger partial charge in [-0.15, -0.1) is 0 Å². The van der Waals surface area contributed by atoms with Gasteiger partial charge in [0.2, 0.25) is 0 Å². The van der Waals surface area contributed by atoms with Crippen molar-refractivity contribution in [2.45, 2.75) is 5.75 Å². The van der Waals surface area contributed by atoms with E-state index in [1.54, 1.807) is 24.3 Å². The number of nitrogens with zero attached hydrogens (tertiary/aromatic N) is 2. The maximum absolute atomic E-state index is 12.3. The molecule has 1 fully saturated rings. The Hall–Kier alpha value is -1.40. The first-order valence-electron chi connectivity index (χ1n) is 6.60. The Kier molecular flexibility index (Phi) is 4.45. The highest BCUT2D eigenvalue weighted by Crippen LogP contribution is 2.11. The number of benzene rings is 1. The van der Waals surface area contributed by atoms with E-state index in [4.69, 9.17) is 0 Å². The highest BCUT2D eigenvalue weighted by molar-refractivity contribution is 7.89. The van der Waals surface area contributed by atoms with E-state index in [1.807, 2.05) is 11.9 Å². The van der Waals surface area contributed by atoms with Gasteiger partial charge >= 0.3 is 0 Å². The lowest BCUT2D eigenvalue weighted by Gasteiger charge is -2.32. The van der Waals surface area contributed by atoms with Crippen molar-refractivity contribution in [3.8, 4) is 0 Å². The Balaban J connectivity index is 2.04. The van der Waals surface area contributed by atoms with E-state index in [2.05, 4.69) is 4.90 Å². The van der Waals surface area contributed by atoms with Crippen molar-refractivity contribution in [1.29, 1.82) is 0 Å². The van der Waals surface area contributed by atoms with Crippen LogP contribution in [0.25, 0.3) is 0 Å². The number of carbonyl (C=O) groups is 1. The van der Waals surface area contributed by atoms with E-state index >= 15 is 0 Å². The van der Waals surface area contributed by atoms with E-state index in [0.29, 0.717) is 11.1 Å². The second-order valence-electron chi connectivity index (χ2n) is 5.36. The molecular weight excluding hydrogens is 276 g/mol. The molecule has 20 heavy (non-hydrogen) atoms. The van der Waals surface area contributed by atoms with Crippen molar-refractivity contribution in [1.82, 2.24) is 9.80 Å². The maximum atomic E-state index is 12.3. The molecule has 0 spiro atoms. The second-order valence-corrected chi connectivity index (χ2v) is 7.50. The van der Waals surface area contributed by atoms with Crippen LogP contribution in [0.4, 0.5) is 0 Å².